The fourth-order valence-electron chi connectivity index (χ4n) is 2.51. The topological polar surface area (TPSA) is 76.7 Å². The van der Waals surface area contributed by atoms with Crippen molar-refractivity contribution in [1.29, 1.82) is 0 Å². The summed E-state index contributed by atoms with van der Waals surface area (Å²) in [4.78, 5) is 24.7. The monoisotopic (exact) mass is 352 g/mol. The van der Waals surface area contributed by atoms with Gasteiger partial charge in [0, 0.05) is 13.1 Å². The van der Waals surface area contributed by atoms with Crippen LogP contribution in [0.2, 0.25) is 0 Å². The van der Waals surface area contributed by atoms with Crippen molar-refractivity contribution in [2.24, 2.45) is 0 Å². The second kappa shape index (κ2) is 8.71. The molecule has 0 unspecified atom stereocenters. The van der Waals surface area contributed by atoms with Gasteiger partial charge in [0.15, 0.2) is 0 Å². The molecule has 134 valence electrons. The number of ether oxygens (including phenoxy) is 2. The molecule has 26 heavy (non-hydrogen) atoms. The summed E-state index contributed by atoms with van der Waals surface area (Å²) in [6, 6.07) is 14.1. The van der Waals surface area contributed by atoms with Crippen molar-refractivity contribution in [2.45, 2.75) is 0 Å². The molecule has 6 heteroatoms. The largest absolute Gasteiger partial charge is 0.489 e. The van der Waals surface area contributed by atoms with Crippen LogP contribution in [0.15, 0.2) is 60.7 Å². The smallest absolute Gasteiger partial charge is 0.255 e. The van der Waals surface area contributed by atoms with Crippen LogP contribution in [0.25, 0.3) is 0 Å². The van der Waals surface area contributed by atoms with Crippen LogP contribution in [0, 0.1) is 0 Å². The van der Waals surface area contributed by atoms with Gasteiger partial charge < -0.3 is 20.1 Å². The van der Waals surface area contributed by atoms with Crippen LogP contribution < -0.4 is 20.1 Å². The Balaban J connectivity index is 1.77. The Morgan fingerprint density at radius 1 is 0.654 bits per heavy atom. The summed E-state index contributed by atoms with van der Waals surface area (Å²) in [5.74, 6) is 0.540. The first-order valence-corrected chi connectivity index (χ1v) is 8.41. The zero-order valence-corrected chi connectivity index (χ0v) is 14.2. The summed E-state index contributed by atoms with van der Waals surface area (Å²) in [5, 5.41) is 5.56. The lowest BCUT2D eigenvalue weighted by atomic mass is 10.2. The molecule has 1 aliphatic heterocycles. The Morgan fingerprint density at radius 2 is 1.08 bits per heavy atom. The van der Waals surface area contributed by atoms with Gasteiger partial charge >= 0.3 is 0 Å². The van der Waals surface area contributed by atoms with E-state index in [-0.39, 0.29) is 11.8 Å². The molecule has 0 spiro atoms. The highest BCUT2D eigenvalue weighted by Crippen LogP contribution is 2.19. The highest BCUT2D eigenvalue weighted by Gasteiger charge is 2.13. The van der Waals surface area contributed by atoms with Crippen molar-refractivity contribution in [3.05, 3.63) is 71.8 Å². The SMILES string of the molecule is O=C1NCCNC(=O)c2ccccc2OC/C=C/COc2ccccc21. The molecule has 2 aromatic rings. The zero-order chi connectivity index (χ0) is 18.2. The lowest BCUT2D eigenvalue weighted by Crippen LogP contribution is -2.35. The van der Waals surface area contributed by atoms with Crippen LogP contribution in [0.4, 0.5) is 0 Å². The number of rotatable bonds is 0. The summed E-state index contributed by atoms with van der Waals surface area (Å²) in [5.41, 5.74) is 0.918. The number of hydrogen-bond donors (Lipinski definition) is 2. The van der Waals surface area contributed by atoms with Gasteiger partial charge in [0.1, 0.15) is 24.7 Å². The summed E-state index contributed by atoms with van der Waals surface area (Å²) >= 11 is 0. The van der Waals surface area contributed by atoms with Crippen LogP contribution in [0.1, 0.15) is 20.7 Å². The molecular weight excluding hydrogens is 332 g/mol. The van der Waals surface area contributed by atoms with E-state index in [4.69, 9.17) is 9.47 Å². The maximum absolute atomic E-state index is 12.3. The first kappa shape index (κ1) is 17.5. The normalized spacial score (nSPS) is 16.8. The molecule has 2 aromatic carbocycles. The van der Waals surface area contributed by atoms with Crippen molar-refractivity contribution in [3.63, 3.8) is 0 Å². The van der Waals surface area contributed by atoms with E-state index >= 15 is 0 Å². The quantitative estimate of drug-likeness (QED) is 0.713. The molecule has 0 aromatic heterocycles. The third kappa shape index (κ3) is 4.42. The van der Waals surface area contributed by atoms with E-state index in [9.17, 15) is 9.59 Å². The minimum absolute atomic E-state index is 0.241. The Kier molecular flexibility index (Phi) is 5.88. The lowest BCUT2D eigenvalue weighted by molar-refractivity contribution is 0.0923. The first-order valence-electron chi connectivity index (χ1n) is 8.41. The molecular formula is C20H20N2O4. The molecule has 2 N–H and O–H groups in total. The third-order valence-electron chi connectivity index (χ3n) is 3.80. The fraction of sp³-hybridized carbons (Fsp3) is 0.200. The number of carbonyl (C=O) groups excluding carboxylic acids is 2. The molecule has 0 saturated heterocycles. The van der Waals surface area contributed by atoms with Gasteiger partial charge in [0.25, 0.3) is 11.8 Å². The van der Waals surface area contributed by atoms with Crippen molar-refractivity contribution >= 4 is 11.8 Å². The lowest BCUT2D eigenvalue weighted by Gasteiger charge is -2.13. The van der Waals surface area contributed by atoms with E-state index in [0.717, 1.165) is 0 Å². The van der Waals surface area contributed by atoms with E-state index in [0.29, 0.717) is 48.9 Å². The number of fused-ring (bicyclic) bond motifs is 2. The summed E-state index contributed by atoms with van der Waals surface area (Å²) in [7, 11) is 0. The summed E-state index contributed by atoms with van der Waals surface area (Å²) in [6.45, 7) is 1.25. The van der Waals surface area contributed by atoms with Crippen molar-refractivity contribution in [2.75, 3.05) is 26.3 Å². The van der Waals surface area contributed by atoms with Crippen LogP contribution in [0.5, 0.6) is 11.5 Å². The van der Waals surface area contributed by atoms with Gasteiger partial charge in [-0.25, -0.2) is 0 Å². The molecule has 0 bridgehead atoms. The molecule has 3 rings (SSSR count). The van der Waals surface area contributed by atoms with Crippen molar-refractivity contribution in [1.82, 2.24) is 10.6 Å². The highest BCUT2D eigenvalue weighted by molar-refractivity contribution is 5.98. The minimum atomic E-state index is -0.241. The van der Waals surface area contributed by atoms with Gasteiger partial charge in [-0.3, -0.25) is 9.59 Å². The van der Waals surface area contributed by atoms with E-state index in [2.05, 4.69) is 10.6 Å². The fourth-order valence-corrected chi connectivity index (χ4v) is 2.51. The Hall–Kier alpha value is -3.28. The summed E-state index contributed by atoms with van der Waals surface area (Å²) < 4.78 is 11.3. The Labute approximate surface area is 151 Å². The van der Waals surface area contributed by atoms with E-state index in [1.807, 2.05) is 24.3 Å². The first-order chi connectivity index (χ1) is 12.8. The third-order valence-corrected chi connectivity index (χ3v) is 3.80. The predicted octanol–water partition coefficient (Wildman–Crippen LogP) is 2.17. The van der Waals surface area contributed by atoms with E-state index < -0.39 is 0 Å². The van der Waals surface area contributed by atoms with Crippen LogP contribution in [-0.2, 0) is 0 Å². The average molecular weight is 352 g/mol. The molecule has 6 nitrogen and oxygen atoms in total. The van der Waals surface area contributed by atoms with E-state index in [1.165, 1.54) is 0 Å². The molecule has 0 atom stereocenters. The maximum atomic E-state index is 12.3. The molecule has 0 saturated carbocycles. The second-order valence-electron chi connectivity index (χ2n) is 5.60. The minimum Gasteiger partial charge on any atom is -0.489 e. The molecule has 1 heterocycles. The molecule has 0 aliphatic carbocycles. The molecule has 2 amide bonds. The number of amides is 2. The number of hydrogen-bond acceptors (Lipinski definition) is 4. The van der Waals surface area contributed by atoms with Gasteiger partial charge in [0.05, 0.1) is 11.1 Å². The Bertz CT molecular complexity index is 749. The van der Waals surface area contributed by atoms with Crippen LogP contribution in [-0.4, -0.2) is 38.1 Å². The van der Waals surface area contributed by atoms with Gasteiger partial charge in [-0.05, 0) is 36.4 Å². The standard InChI is InChI=1S/C20H20N2O4/c23-19-15-7-1-3-9-17(15)25-13-5-6-14-26-18-10-4-2-8-16(18)20(24)22-12-11-21-19/h1-10H,11-14H2,(H,21,23)(H,22,24)/b6-5+. The number of para-hydroxylation sites is 2. The zero-order valence-electron chi connectivity index (χ0n) is 14.2. The number of nitrogens with one attached hydrogen (secondary N) is 2. The molecule has 0 fully saturated rings. The van der Waals surface area contributed by atoms with Gasteiger partial charge in [-0.15, -0.1) is 0 Å². The van der Waals surface area contributed by atoms with Crippen molar-refractivity contribution < 1.29 is 19.1 Å². The van der Waals surface area contributed by atoms with Gasteiger partial charge in [-0.1, -0.05) is 24.3 Å². The summed E-state index contributed by atoms with van der Waals surface area (Å²) in [6.07, 6.45) is 3.62. The van der Waals surface area contributed by atoms with Crippen molar-refractivity contribution in [3.8, 4) is 11.5 Å². The van der Waals surface area contributed by atoms with Crippen LogP contribution in [0.3, 0.4) is 0 Å². The second-order valence-corrected chi connectivity index (χ2v) is 5.60. The Morgan fingerprint density at radius 3 is 1.54 bits per heavy atom. The predicted molar refractivity (Wildman–Crippen MR) is 97.7 cm³/mol. The highest BCUT2D eigenvalue weighted by atomic mass is 16.5. The van der Waals surface area contributed by atoms with E-state index in [1.54, 1.807) is 36.4 Å². The molecule has 0 radical (unpaired) electrons. The average Bonchev–Trinajstić information content (AvgIpc) is 2.67. The van der Waals surface area contributed by atoms with Gasteiger partial charge in [-0.2, -0.15) is 0 Å². The molecule has 1 aliphatic rings. The van der Waals surface area contributed by atoms with Crippen LogP contribution >= 0.6 is 0 Å². The maximum Gasteiger partial charge on any atom is 0.255 e. The number of benzene rings is 2. The van der Waals surface area contributed by atoms with Gasteiger partial charge in [0.2, 0.25) is 0 Å². The number of carbonyl (C=O) groups is 2.